The maximum Gasteiger partial charge on any atom is 0.173 e. The molecule has 33 heavy (non-hydrogen) atoms. The normalized spacial score (nSPS) is 22.5. The summed E-state index contributed by atoms with van der Waals surface area (Å²) in [5.41, 5.74) is 1.16. The number of rotatable bonds is 7. The molecule has 3 fully saturated rings. The van der Waals surface area contributed by atoms with E-state index in [4.69, 9.17) is 9.47 Å². The first kappa shape index (κ1) is 22.6. The van der Waals surface area contributed by atoms with E-state index in [9.17, 15) is 0 Å². The summed E-state index contributed by atoms with van der Waals surface area (Å²) in [7, 11) is 3.38. The fourth-order valence-electron chi connectivity index (χ4n) is 6.14. The Balaban J connectivity index is 1.45. The Hall–Kier alpha value is -2.19. The average molecular weight is 455 g/mol. The molecule has 0 radical (unpaired) electrons. The molecule has 0 spiro atoms. The van der Waals surface area contributed by atoms with Gasteiger partial charge in [0.05, 0.1) is 26.3 Å². The van der Waals surface area contributed by atoms with E-state index < -0.39 is 0 Å². The van der Waals surface area contributed by atoms with Crippen LogP contribution in [0.5, 0.6) is 11.5 Å². The number of ether oxygens (including phenoxy) is 2. The highest BCUT2D eigenvalue weighted by Gasteiger charge is 2.34. The fraction of sp³-hybridized carbons (Fsp3) is 0.720. The monoisotopic (exact) mass is 454 g/mol. The first-order chi connectivity index (χ1) is 16.3. The van der Waals surface area contributed by atoms with Crippen LogP contribution in [0.2, 0.25) is 0 Å². The lowest BCUT2D eigenvalue weighted by molar-refractivity contribution is 0.0760. The van der Waals surface area contributed by atoms with Gasteiger partial charge >= 0.3 is 0 Å². The van der Waals surface area contributed by atoms with Crippen molar-refractivity contribution in [2.24, 2.45) is 0 Å². The fourth-order valence-corrected chi connectivity index (χ4v) is 6.14. The van der Waals surface area contributed by atoms with E-state index >= 15 is 0 Å². The van der Waals surface area contributed by atoms with Crippen LogP contribution in [-0.4, -0.2) is 76.4 Å². The predicted octanol–water partition coefficient (Wildman–Crippen LogP) is 3.85. The molecule has 8 nitrogen and oxygen atoms in total. The van der Waals surface area contributed by atoms with Gasteiger partial charge in [-0.3, -0.25) is 9.80 Å². The van der Waals surface area contributed by atoms with Crippen molar-refractivity contribution < 1.29 is 9.47 Å². The molecule has 8 heteroatoms. The van der Waals surface area contributed by atoms with E-state index in [1.165, 1.54) is 44.9 Å². The lowest BCUT2D eigenvalue weighted by Gasteiger charge is -2.41. The minimum Gasteiger partial charge on any atom is -0.493 e. The van der Waals surface area contributed by atoms with Crippen molar-refractivity contribution in [2.45, 2.75) is 75.9 Å². The second-order valence-electron chi connectivity index (χ2n) is 9.80. The van der Waals surface area contributed by atoms with E-state index in [2.05, 4.69) is 42.1 Å². The Morgan fingerprint density at radius 3 is 2.18 bits per heavy atom. The van der Waals surface area contributed by atoms with Gasteiger partial charge in [0.1, 0.15) is 0 Å². The smallest absolute Gasteiger partial charge is 0.173 e. The molecule has 0 N–H and O–H groups in total. The Morgan fingerprint density at radius 1 is 0.818 bits per heavy atom. The third-order valence-corrected chi connectivity index (χ3v) is 7.96. The minimum atomic E-state index is 0.00691. The second kappa shape index (κ2) is 10.4. The molecule has 0 unspecified atom stereocenters. The number of hydrogen-bond acceptors (Lipinski definition) is 7. The zero-order chi connectivity index (χ0) is 22.6. The maximum atomic E-state index is 5.65. The van der Waals surface area contributed by atoms with Crippen LogP contribution in [0.1, 0.15) is 81.3 Å². The van der Waals surface area contributed by atoms with Gasteiger partial charge in [-0.15, -0.1) is 5.10 Å². The van der Waals surface area contributed by atoms with Gasteiger partial charge in [-0.25, -0.2) is 4.68 Å². The minimum absolute atomic E-state index is 0.00691. The van der Waals surface area contributed by atoms with E-state index in [0.29, 0.717) is 6.04 Å². The number of nitrogens with zero attached hydrogens (tertiary/aromatic N) is 6. The lowest BCUT2D eigenvalue weighted by atomic mass is 9.95. The molecule has 1 saturated heterocycles. The third kappa shape index (κ3) is 4.73. The summed E-state index contributed by atoms with van der Waals surface area (Å²) in [4.78, 5) is 5.27. The van der Waals surface area contributed by atoms with Crippen molar-refractivity contribution >= 4 is 0 Å². The van der Waals surface area contributed by atoms with Gasteiger partial charge < -0.3 is 9.47 Å². The van der Waals surface area contributed by atoms with Crippen LogP contribution < -0.4 is 9.47 Å². The SMILES string of the molecule is COc1ccc([C@@H](c2nnnn2C2CCCCC2)N2CCN(C3CCCC3)CC2)cc1OC. The molecule has 1 aromatic carbocycles. The Kier molecular flexibility index (Phi) is 7.11. The summed E-state index contributed by atoms with van der Waals surface area (Å²) >= 11 is 0. The summed E-state index contributed by atoms with van der Waals surface area (Å²) in [5.74, 6) is 2.46. The number of aromatic nitrogens is 4. The van der Waals surface area contributed by atoms with Crippen LogP contribution >= 0.6 is 0 Å². The van der Waals surface area contributed by atoms with E-state index in [-0.39, 0.29) is 6.04 Å². The molecule has 1 atom stereocenters. The number of tetrazole rings is 1. The van der Waals surface area contributed by atoms with Gasteiger partial charge in [-0.1, -0.05) is 38.2 Å². The van der Waals surface area contributed by atoms with Crippen LogP contribution in [0.25, 0.3) is 0 Å². The van der Waals surface area contributed by atoms with Gasteiger partial charge in [-0.05, 0) is 53.8 Å². The molecule has 1 aliphatic heterocycles. The van der Waals surface area contributed by atoms with Gasteiger partial charge in [0.25, 0.3) is 0 Å². The van der Waals surface area contributed by atoms with Gasteiger partial charge in [0.2, 0.25) is 0 Å². The van der Waals surface area contributed by atoms with Crippen LogP contribution in [0, 0.1) is 0 Å². The van der Waals surface area contributed by atoms with Crippen LogP contribution in [-0.2, 0) is 0 Å². The summed E-state index contributed by atoms with van der Waals surface area (Å²) in [5, 5.41) is 13.3. The molecule has 2 saturated carbocycles. The van der Waals surface area contributed by atoms with Gasteiger partial charge in [0, 0.05) is 32.2 Å². The molecule has 0 bridgehead atoms. The molecule has 1 aromatic heterocycles. The number of hydrogen-bond donors (Lipinski definition) is 0. The van der Waals surface area contributed by atoms with Crippen molar-refractivity contribution in [1.82, 2.24) is 30.0 Å². The average Bonchev–Trinajstić information content (AvgIpc) is 3.58. The molecule has 2 heterocycles. The number of benzene rings is 1. The highest BCUT2D eigenvalue weighted by Crippen LogP contribution is 2.37. The van der Waals surface area contributed by atoms with Crippen molar-refractivity contribution in [2.75, 3.05) is 40.4 Å². The predicted molar refractivity (Wildman–Crippen MR) is 127 cm³/mol. The molecular weight excluding hydrogens is 416 g/mol. The van der Waals surface area contributed by atoms with Crippen molar-refractivity contribution in [3.05, 3.63) is 29.6 Å². The molecule has 2 aliphatic carbocycles. The maximum absolute atomic E-state index is 5.65. The van der Waals surface area contributed by atoms with Gasteiger partial charge in [-0.2, -0.15) is 0 Å². The van der Waals surface area contributed by atoms with Crippen LogP contribution in [0.3, 0.4) is 0 Å². The zero-order valence-corrected chi connectivity index (χ0v) is 20.2. The molecule has 3 aliphatic rings. The Bertz CT molecular complexity index is 898. The Morgan fingerprint density at radius 2 is 1.48 bits per heavy atom. The molecular formula is C25H38N6O2. The van der Waals surface area contributed by atoms with Crippen molar-refractivity contribution in [3.63, 3.8) is 0 Å². The van der Waals surface area contributed by atoms with Crippen LogP contribution in [0.15, 0.2) is 18.2 Å². The number of methoxy groups -OCH3 is 2. The standard InChI is InChI=1S/C25H38N6O2/c1-32-22-13-12-19(18-23(22)33-2)24(25-26-27-28-31(25)21-10-4-3-5-11-21)30-16-14-29(15-17-30)20-8-6-7-9-20/h12-13,18,20-21,24H,3-11,14-17H2,1-2H3/t24-/m0/s1. The van der Waals surface area contributed by atoms with E-state index in [0.717, 1.165) is 67.9 Å². The van der Waals surface area contributed by atoms with Crippen molar-refractivity contribution in [1.29, 1.82) is 0 Å². The summed E-state index contributed by atoms with van der Waals surface area (Å²) in [6, 6.07) is 7.44. The van der Waals surface area contributed by atoms with Crippen LogP contribution in [0.4, 0.5) is 0 Å². The highest BCUT2D eigenvalue weighted by molar-refractivity contribution is 5.45. The summed E-state index contributed by atoms with van der Waals surface area (Å²) in [6.07, 6.45) is 11.6. The molecule has 5 rings (SSSR count). The largest absolute Gasteiger partial charge is 0.493 e. The third-order valence-electron chi connectivity index (χ3n) is 7.96. The first-order valence-electron chi connectivity index (χ1n) is 12.8. The second-order valence-corrected chi connectivity index (χ2v) is 9.80. The van der Waals surface area contributed by atoms with E-state index in [1.54, 1.807) is 14.2 Å². The summed E-state index contributed by atoms with van der Waals surface area (Å²) < 4.78 is 13.3. The molecule has 2 aromatic rings. The lowest BCUT2D eigenvalue weighted by Crippen LogP contribution is -2.51. The quantitative estimate of drug-likeness (QED) is 0.629. The summed E-state index contributed by atoms with van der Waals surface area (Å²) in [6.45, 7) is 4.26. The van der Waals surface area contributed by atoms with Gasteiger partial charge in [0.15, 0.2) is 17.3 Å². The molecule has 0 amide bonds. The van der Waals surface area contributed by atoms with Crippen molar-refractivity contribution in [3.8, 4) is 11.5 Å². The topological polar surface area (TPSA) is 68.5 Å². The Labute approximate surface area is 197 Å². The van der Waals surface area contributed by atoms with E-state index in [1.807, 2.05) is 6.07 Å². The highest BCUT2D eigenvalue weighted by atomic mass is 16.5. The zero-order valence-electron chi connectivity index (χ0n) is 20.2. The number of piperazine rings is 1. The first-order valence-corrected chi connectivity index (χ1v) is 12.8. The molecule has 180 valence electrons.